The number of carbonyl (C=O) groups is 5. The molecule has 0 aromatic heterocycles. The summed E-state index contributed by atoms with van der Waals surface area (Å²) in [6, 6.07) is 26.7. The number of morpholine rings is 1. The first-order valence-corrected chi connectivity index (χ1v) is 23.6. The van der Waals surface area contributed by atoms with Crippen molar-refractivity contribution < 1.29 is 28.7 Å². The van der Waals surface area contributed by atoms with Crippen molar-refractivity contribution in [3.8, 4) is 0 Å². The van der Waals surface area contributed by atoms with Crippen LogP contribution >= 0.6 is 0 Å². The molecule has 2 aliphatic carbocycles. The monoisotopic (exact) mass is 846 g/mol. The molecule has 4 fully saturated rings. The summed E-state index contributed by atoms with van der Waals surface area (Å²) >= 11 is 0. The van der Waals surface area contributed by atoms with Gasteiger partial charge in [0.15, 0.2) is 6.10 Å². The minimum absolute atomic E-state index is 0.00506. The Labute approximate surface area is 368 Å². The minimum Gasteiger partial charge on any atom is -0.365 e. The Morgan fingerprint density at radius 2 is 1.00 bits per heavy atom. The molecule has 2 heterocycles. The lowest BCUT2D eigenvalue weighted by Crippen LogP contribution is -2.51. The van der Waals surface area contributed by atoms with E-state index in [0.717, 1.165) is 25.7 Å². The van der Waals surface area contributed by atoms with Crippen LogP contribution < -0.4 is 16.0 Å². The van der Waals surface area contributed by atoms with E-state index in [2.05, 4.69) is 47.1 Å². The Hall–Kier alpha value is -5.03. The number of ether oxygens (including phenoxy) is 1. The van der Waals surface area contributed by atoms with Gasteiger partial charge in [-0.3, -0.25) is 24.0 Å². The molecule has 4 aliphatic rings. The van der Waals surface area contributed by atoms with Gasteiger partial charge in [-0.1, -0.05) is 138 Å². The summed E-state index contributed by atoms with van der Waals surface area (Å²) in [5.41, 5.74) is 3.13. The second-order valence-corrected chi connectivity index (χ2v) is 18.0. The van der Waals surface area contributed by atoms with Crippen molar-refractivity contribution in [2.24, 2.45) is 11.8 Å². The van der Waals surface area contributed by atoms with Crippen molar-refractivity contribution in [3.63, 3.8) is 0 Å². The van der Waals surface area contributed by atoms with Gasteiger partial charge in [-0.25, -0.2) is 0 Å². The topological polar surface area (TPSA) is 137 Å². The van der Waals surface area contributed by atoms with E-state index in [1.54, 1.807) is 34.1 Å². The number of hydrogen-bond acceptors (Lipinski definition) is 6. The number of amides is 5. The molecule has 11 nitrogen and oxygen atoms in total. The van der Waals surface area contributed by atoms with E-state index in [1.807, 2.05) is 36.4 Å². The molecule has 2 saturated carbocycles. The quantitative estimate of drug-likeness (QED) is 0.0904. The second kappa shape index (κ2) is 22.4. The maximum absolute atomic E-state index is 14.0. The van der Waals surface area contributed by atoms with Gasteiger partial charge in [0.2, 0.25) is 11.8 Å². The number of unbranched alkanes of at least 4 members (excludes halogenated alkanes) is 11. The highest BCUT2D eigenvalue weighted by Crippen LogP contribution is 2.42. The van der Waals surface area contributed by atoms with Crippen molar-refractivity contribution in [1.82, 2.24) is 25.8 Å². The number of likely N-dealkylation sites (tertiary alicyclic amines) is 1. The lowest BCUT2D eigenvalue weighted by molar-refractivity contribution is -0.137. The van der Waals surface area contributed by atoms with Crippen LogP contribution in [0.3, 0.4) is 0 Å². The summed E-state index contributed by atoms with van der Waals surface area (Å²) in [6.07, 6.45) is 16.0. The summed E-state index contributed by atoms with van der Waals surface area (Å²) < 4.78 is 5.77. The fourth-order valence-electron chi connectivity index (χ4n) is 9.33. The average molecular weight is 846 g/mol. The highest BCUT2D eigenvalue weighted by atomic mass is 16.5. The van der Waals surface area contributed by atoms with Gasteiger partial charge in [0, 0.05) is 61.2 Å². The van der Waals surface area contributed by atoms with Crippen molar-refractivity contribution in [1.29, 1.82) is 0 Å². The largest absolute Gasteiger partial charge is 0.365 e. The summed E-state index contributed by atoms with van der Waals surface area (Å²) in [4.78, 5) is 71.5. The molecular formula is C51H67N5O6. The molecule has 62 heavy (non-hydrogen) atoms. The Morgan fingerprint density at radius 3 is 1.48 bits per heavy atom. The van der Waals surface area contributed by atoms with Crippen LogP contribution in [0.25, 0.3) is 0 Å². The number of nitrogens with zero attached hydrogens (tertiary/aromatic N) is 2. The van der Waals surface area contributed by atoms with Crippen molar-refractivity contribution in [2.45, 2.75) is 127 Å². The third-order valence-electron chi connectivity index (χ3n) is 13.3. The predicted molar refractivity (Wildman–Crippen MR) is 241 cm³/mol. The highest BCUT2D eigenvalue weighted by Gasteiger charge is 2.49. The summed E-state index contributed by atoms with van der Waals surface area (Å²) in [6.45, 7) is 3.87. The van der Waals surface area contributed by atoms with Gasteiger partial charge in [0.25, 0.3) is 17.7 Å². The third-order valence-corrected chi connectivity index (χ3v) is 13.3. The van der Waals surface area contributed by atoms with Gasteiger partial charge in [-0.05, 0) is 54.7 Å². The average Bonchev–Trinajstić information content (AvgIpc) is 4.22. The maximum Gasteiger partial charge on any atom is 0.254 e. The summed E-state index contributed by atoms with van der Waals surface area (Å²) in [5.74, 6) is -2.05. The van der Waals surface area contributed by atoms with Gasteiger partial charge in [0.1, 0.15) is 0 Å². The Bertz CT molecular complexity index is 1870. The van der Waals surface area contributed by atoms with Gasteiger partial charge < -0.3 is 30.5 Å². The number of carbonyl (C=O) groups excluding carboxylic acids is 5. The van der Waals surface area contributed by atoms with Gasteiger partial charge >= 0.3 is 0 Å². The first-order valence-electron chi connectivity index (χ1n) is 23.6. The molecule has 3 aromatic rings. The molecule has 7 rings (SSSR count). The van der Waals surface area contributed by atoms with Crippen LogP contribution in [0.1, 0.15) is 140 Å². The Kier molecular flexibility index (Phi) is 16.2. The fourth-order valence-corrected chi connectivity index (χ4v) is 9.33. The summed E-state index contributed by atoms with van der Waals surface area (Å²) in [7, 11) is 0. The predicted octanol–water partition coefficient (Wildman–Crippen LogP) is 7.38. The molecule has 2 unspecified atom stereocenters. The molecule has 11 heteroatoms. The first kappa shape index (κ1) is 45.0. The lowest BCUT2D eigenvalue weighted by Gasteiger charge is -2.32. The van der Waals surface area contributed by atoms with E-state index in [9.17, 15) is 24.0 Å². The fraction of sp³-hybridized carbons (Fsp3) is 0.549. The van der Waals surface area contributed by atoms with E-state index < -0.39 is 17.9 Å². The van der Waals surface area contributed by atoms with Crippen LogP contribution in [0, 0.1) is 11.8 Å². The zero-order chi connectivity index (χ0) is 43.3. The van der Waals surface area contributed by atoms with E-state index >= 15 is 0 Å². The van der Waals surface area contributed by atoms with E-state index in [-0.39, 0.29) is 79.7 Å². The van der Waals surface area contributed by atoms with Crippen LogP contribution in [0.15, 0.2) is 84.9 Å². The molecule has 3 N–H and O–H groups in total. The first-order chi connectivity index (χ1) is 30.3. The van der Waals surface area contributed by atoms with Crippen LogP contribution in [0.5, 0.6) is 0 Å². The van der Waals surface area contributed by atoms with Gasteiger partial charge in [0.05, 0.1) is 25.0 Å². The lowest BCUT2D eigenvalue weighted by atomic mass is 9.94. The number of nitrogens with one attached hydrogen (secondary N) is 3. The van der Waals surface area contributed by atoms with Gasteiger partial charge in [-0.2, -0.15) is 0 Å². The van der Waals surface area contributed by atoms with E-state index in [0.29, 0.717) is 24.2 Å². The number of benzene rings is 3. The van der Waals surface area contributed by atoms with E-state index in [1.165, 1.54) is 75.3 Å². The zero-order valence-corrected chi connectivity index (χ0v) is 36.6. The highest BCUT2D eigenvalue weighted by molar-refractivity contribution is 5.99. The molecule has 0 radical (unpaired) electrons. The normalized spacial score (nSPS) is 24.0. The summed E-state index contributed by atoms with van der Waals surface area (Å²) in [5, 5.41) is 9.38. The Morgan fingerprint density at radius 1 is 0.548 bits per heavy atom. The van der Waals surface area contributed by atoms with Crippen LogP contribution in [0.2, 0.25) is 0 Å². The zero-order valence-electron chi connectivity index (χ0n) is 36.6. The van der Waals surface area contributed by atoms with Crippen molar-refractivity contribution in [3.05, 3.63) is 107 Å². The smallest absolute Gasteiger partial charge is 0.254 e. The van der Waals surface area contributed by atoms with Crippen molar-refractivity contribution >= 4 is 29.5 Å². The van der Waals surface area contributed by atoms with Crippen LogP contribution in [0.4, 0.5) is 0 Å². The molecule has 2 aliphatic heterocycles. The molecule has 332 valence electrons. The number of hydrogen-bond donors (Lipinski definition) is 3. The number of rotatable bonds is 22. The van der Waals surface area contributed by atoms with Gasteiger partial charge in [-0.15, -0.1) is 0 Å². The third kappa shape index (κ3) is 12.3. The maximum atomic E-state index is 14.0. The second-order valence-electron chi connectivity index (χ2n) is 18.0. The molecular weight excluding hydrogens is 779 g/mol. The van der Waals surface area contributed by atoms with E-state index in [4.69, 9.17) is 4.74 Å². The molecule has 5 amide bonds. The molecule has 2 saturated heterocycles. The molecule has 3 aromatic carbocycles. The molecule has 0 spiro atoms. The standard InChI is InChI=1S/C51H67N5O6/c1-2-3-4-5-6-7-8-9-10-11-12-19-28-52-49(59)46-35-55(29-30-62-46)50(60)38-24-26-39(27-25-38)51(61)56-33-42(47(57)53-44-31-40(44)36-20-15-13-16-21-36)43(34-56)48(58)54-45-32-41(45)37-22-17-14-18-23-37/h13-18,20-27,40-46H,2-12,19,28-35H2,1H3,(H,52,59)(H,53,57)(H,54,58)/t40-,41-,42?,43?,44+,45+,46+/m1/s1. The van der Waals surface area contributed by atoms with Crippen molar-refractivity contribution in [2.75, 3.05) is 39.3 Å². The van der Waals surface area contributed by atoms with Crippen LogP contribution in [-0.2, 0) is 19.1 Å². The SMILES string of the molecule is CCCCCCCCCCCCCCNC(=O)[C@@H]1CN(C(=O)c2ccc(C(=O)N3CC(C(=O)N[C@H]4C[C@@H]4c4ccccc4)C(C(=O)N[C@H]4C[C@@H]4c4ccccc4)C3)cc2)CCO1. The van der Waals surface area contributed by atoms with Crippen LogP contribution in [-0.4, -0.2) is 96.9 Å². The molecule has 7 atom stereocenters. The Balaban J connectivity index is 0.875. The molecule has 0 bridgehead atoms. The minimum atomic E-state index is -0.732.